The molecule has 3 heterocycles. The number of amides is 2. The standard InChI is InChI=1S/C27H33F2N7O4/c1-30-22(37)15-31-26(38)18-8-6-17(7-9-18)16-40-23-14-21(33-27(34-23)35-10-12-39-13-11-35)36-20-5-3-2-4-19(20)32-25(36)24(28)29/h2-5,14,17-18,24H,6-13,15-16H2,1H3,(H,30,37)(H,31,38). The molecule has 0 bridgehead atoms. The second-order valence-corrected chi connectivity index (χ2v) is 9.98. The molecule has 11 nitrogen and oxygen atoms in total. The van der Waals surface area contributed by atoms with Crippen LogP contribution in [0.3, 0.4) is 0 Å². The Kier molecular flexibility index (Phi) is 8.68. The predicted octanol–water partition coefficient (Wildman–Crippen LogP) is 2.64. The third-order valence-electron chi connectivity index (χ3n) is 7.37. The molecule has 2 aromatic heterocycles. The number of anilines is 1. The van der Waals surface area contributed by atoms with Crippen LogP contribution in [0, 0.1) is 11.8 Å². The quantitative estimate of drug-likeness (QED) is 0.412. The number of carbonyl (C=O) groups excluding carboxylic acids is 2. The number of benzene rings is 1. The number of para-hydroxylation sites is 2. The minimum atomic E-state index is -2.80. The van der Waals surface area contributed by atoms with Crippen molar-refractivity contribution in [2.24, 2.45) is 11.8 Å². The van der Waals surface area contributed by atoms with E-state index >= 15 is 0 Å². The summed E-state index contributed by atoms with van der Waals surface area (Å²) in [6.45, 7) is 2.51. The molecular weight excluding hydrogens is 524 g/mol. The highest BCUT2D eigenvalue weighted by Gasteiger charge is 2.28. The molecule has 1 aliphatic carbocycles. The van der Waals surface area contributed by atoms with Gasteiger partial charge in [-0.15, -0.1) is 0 Å². The largest absolute Gasteiger partial charge is 0.477 e. The number of carbonyl (C=O) groups is 2. The highest BCUT2D eigenvalue weighted by molar-refractivity contribution is 5.85. The lowest BCUT2D eigenvalue weighted by Gasteiger charge is -2.28. The summed E-state index contributed by atoms with van der Waals surface area (Å²) in [6.07, 6.45) is 0.158. The van der Waals surface area contributed by atoms with Crippen molar-refractivity contribution in [1.29, 1.82) is 0 Å². The number of morpholine rings is 1. The number of alkyl halides is 2. The molecule has 1 saturated heterocycles. The number of hydrogen-bond acceptors (Lipinski definition) is 8. The number of ether oxygens (including phenoxy) is 2. The van der Waals surface area contributed by atoms with Gasteiger partial charge in [0.15, 0.2) is 5.82 Å². The van der Waals surface area contributed by atoms with Gasteiger partial charge in [-0.1, -0.05) is 12.1 Å². The van der Waals surface area contributed by atoms with Gasteiger partial charge in [0.05, 0.1) is 37.4 Å². The van der Waals surface area contributed by atoms with E-state index in [9.17, 15) is 18.4 Å². The zero-order chi connectivity index (χ0) is 28.1. The van der Waals surface area contributed by atoms with Crippen LogP contribution < -0.4 is 20.3 Å². The van der Waals surface area contributed by atoms with Gasteiger partial charge in [0.1, 0.15) is 5.82 Å². The molecule has 2 amide bonds. The molecule has 1 aromatic carbocycles. The highest BCUT2D eigenvalue weighted by atomic mass is 19.3. The van der Waals surface area contributed by atoms with Crippen LogP contribution in [0.15, 0.2) is 30.3 Å². The Hall–Kier alpha value is -3.87. The van der Waals surface area contributed by atoms with E-state index < -0.39 is 12.2 Å². The van der Waals surface area contributed by atoms with Crippen molar-refractivity contribution in [2.75, 3.05) is 51.4 Å². The molecule has 2 aliphatic rings. The van der Waals surface area contributed by atoms with Gasteiger partial charge in [-0.05, 0) is 43.7 Å². The number of rotatable bonds is 9. The lowest BCUT2D eigenvalue weighted by atomic mass is 9.82. The van der Waals surface area contributed by atoms with Crippen molar-refractivity contribution >= 4 is 28.8 Å². The molecule has 2 N–H and O–H groups in total. The van der Waals surface area contributed by atoms with Gasteiger partial charge in [0.2, 0.25) is 23.6 Å². The summed E-state index contributed by atoms with van der Waals surface area (Å²) in [5, 5.41) is 5.17. The number of nitrogens with one attached hydrogen (secondary N) is 2. The van der Waals surface area contributed by atoms with Crippen LogP contribution in [0.2, 0.25) is 0 Å². The first kappa shape index (κ1) is 27.7. The fourth-order valence-corrected chi connectivity index (χ4v) is 5.12. The minimum absolute atomic E-state index is 0.0284. The fourth-order valence-electron chi connectivity index (χ4n) is 5.12. The van der Waals surface area contributed by atoms with Crippen LogP contribution in [-0.2, 0) is 14.3 Å². The molecule has 0 unspecified atom stereocenters. The molecule has 214 valence electrons. The summed E-state index contributed by atoms with van der Waals surface area (Å²) in [4.78, 5) is 39.2. The second-order valence-electron chi connectivity index (χ2n) is 9.98. The van der Waals surface area contributed by atoms with Crippen LogP contribution in [0.1, 0.15) is 37.9 Å². The summed E-state index contributed by atoms with van der Waals surface area (Å²) < 4.78 is 41.1. The molecule has 1 aliphatic heterocycles. The van der Waals surface area contributed by atoms with E-state index in [0.29, 0.717) is 62.7 Å². The lowest BCUT2D eigenvalue weighted by molar-refractivity contribution is -0.129. The third-order valence-corrected chi connectivity index (χ3v) is 7.37. The van der Waals surface area contributed by atoms with Crippen LogP contribution in [0.4, 0.5) is 14.7 Å². The summed E-state index contributed by atoms with van der Waals surface area (Å²) in [5.74, 6) is 0.251. The molecule has 13 heteroatoms. The van der Waals surface area contributed by atoms with Gasteiger partial charge in [-0.2, -0.15) is 9.97 Å². The van der Waals surface area contributed by atoms with Crippen LogP contribution in [0.5, 0.6) is 5.88 Å². The van der Waals surface area contributed by atoms with Crippen molar-refractivity contribution < 1.29 is 27.8 Å². The molecule has 3 aromatic rings. The first-order valence-corrected chi connectivity index (χ1v) is 13.5. The van der Waals surface area contributed by atoms with Crippen molar-refractivity contribution in [2.45, 2.75) is 32.1 Å². The summed E-state index contributed by atoms with van der Waals surface area (Å²) in [6, 6.07) is 8.51. The maximum atomic E-state index is 14.1. The normalized spacial score (nSPS) is 19.6. The molecular formula is C27H33F2N7O4. The zero-order valence-corrected chi connectivity index (χ0v) is 22.3. The number of nitrogens with zero attached hydrogens (tertiary/aromatic N) is 5. The average Bonchev–Trinajstić information content (AvgIpc) is 3.39. The molecule has 0 radical (unpaired) electrons. The Bertz CT molecular complexity index is 1340. The van der Waals surface area contributed by atoms with E-state index in [1.807, 2.05) is 4.90 Å². The van der Waals surface area contributed by atoms with Gasteiger partial charge in [-0.3, -0.25) is 14.2 Å². The van der Waals surface area contributed by atoms with Crippen molar-refractivity contribution in [3.63, 3.8) is 0 Å². The number of fused-ring (bicyclic) bond motifs is 1. The zero-order valence-electron chi connectivity index (χ0n) is 22.3. The van der Waals surface area contributed by atoms with E-state index in [2.05, 4.69) is 25.6 Å². The molecule has 2 fully saturated rings. The second kappa shape index (κ2) is 12.5. The smallest absolute Gasteiger partial charge is 0.296 e. The van der Waals surface area contributed by atoms with Gasteiger partial charge < -0.3 is 25.0 Å². The van der Waals surface area contributed by atoms with Gasteiger partial charge >= 0.3 is 0 Å². The maximum absolute atomic E-state index is 14.1. The Morgan fingerprint density at radius 2 is 1.85 bits per heavy atom. The van der Waals surface area contributed by atoms with Crippen molar-refractivity contribution in [3.05, 3.63) is 36.2 Å². The number of hydrogen-bond donors (Lipinski definition) is 2. The van der Waals surface area contributed by atoms with E-state index in [1.54, 1.807) is 30.3 Å². The molecule has 40 heavy (non-hydrogen) atoms. The fraction of sp³-hybridized carbons (Fsp3) is 0.519. The first-order chi connectivity index (χ1) is 19.4. The third kappa shape index (κ3) is 6.30. The van der Waals surface area contributed by atoms with Crippen LogP contribution in [-0.4, -0.2) is 77.8 Å². The summed E-state index contributed by atoms with van der Waals surface area (Å²) in [7, 11) is 1.53. The lowest BCUT2D eigenvalue weighted by Crippen LogP contribution is -2.39. The Morgan fingerprint density at radius 1 is 1.10 bits per heavy atom. The van der Waals surface area contributed by atoms with E-state index in [0.717, 1.165) is 12.8 Å². The monoisotopic (exact) mass is 557 g/mol. The van der Waals surface area contributed by atoms with Crippen molar-refractivity contribution in [3.8, 4) is 11.7 Å². The average molecular weight is 558 g/mol. The Morgan fingerprint density at radius 3 is 2.58 bits per heavy atom. The summed E-state index contributed by atoms with van der Waals surface area (Å²) in [5.41, 5.74) is 0.964. The van der Waals surface area contributed by atoms with E-state index in [-0.39, 0.29) is 41.9 Å². The highest BCUT2D eigenvalue weighted by Crippen LogP contribution is 2.32. The van der Waals surface area contributed by atoms with E-state index in [4.69, 9.17) is 9.47 Å². The number of imidazole rings is 1. The molecule has 0 atom stereocenters. The number of likely N-dealkylation sites (N-methyl/N-ethyl adjacent to an activating group) is 1. The molecule has 1 saturated carbocycles. The topological polar surface area (TPSA) is 124 Å². The summed E-state index contributed by atoms with van der Waals surface area (Å²) >= 11 is 0. The number of aromatic nitrogens is 4. The van der Waals surface area contributed by atoms with Crippen molar-refractivity contribution in [1.82, 2.24) is 30.2 Å². The minimum Gasteiger partial charge on any atom is -0.477 e. The Balaban J connectivity index is 1.33. The van der Waals surface area contributed by atoms with E-state index in [1.165, 1.54) is 11.6 Å². The van der Waals surface area contributed by atoms with Gasteiger partial charge in [-0.25, -0.2) is 13.8 Å². The number of halogens is 2. The van der Waals surface area contributed by atoms with Gasteiger partial charge in [0.25, 0.3) is 6.43 Å². The van der Waals surface area contributed by atoms with Gasteiger partial charge in [0, 0.05) is 32.1 Å². The first-order valence-electron chi connectivity index (χ1n) is 13.5. The van der Waals surface area contributed by atoms with Crippen LogP contribution in [0.25, 0.3) is 16.9 Å². The maximum Gasteiger partial charge on any atom is 0.296 e. The Labute approximate surface area is 230 Å². The predicted molar refractivity (Wildman–Crippen MR) is 143 cm³/mol. The SMILES string of the molecule is CNC(=O)CNC(=O)C1CCC(COc2cc(-n3c(C(F)F)nc4ccccc43)nc(N3CCOCC3)n2)CC1. The molecule has 5 rings (SSSR count). The molecule has 0 spiro atoms. The van der Waals surface area contributed by atoms with Crippen LogP contribution >= 0.6 is 0 Å².